The standard InChI is InChI=1S/2C20H15.C2H6Si.CH2Cl.Zr/c2*1-14-12-16-8-5-11-19(20(16)13-14)18-10-4-7-15-6-2-3-9-17(15)18;1-3-2;1-2;/h2*2-13H,1H3;1-2H3;1H2;. The van der Waals surface area contributed by atoms with Crippen LogP contribution in [0.25, 0.3) is 56.0 Å². The van der Waals surface area contributed by atoms with Crippen LogP contribution in [0.1, 0.15) is 43.4 Å². The van der Waals surface area contributed by atoms with Gasteiger partial charge in [0.05, 0.1) is 0 Å². The molecule has 46 heavy (non-hydrogen) atoms. The average Bonchev–Trinajstić information content (AvgIpc) is 3.61. The quantitative estimate of drug-likeness (QED) is 0.119. The van der Waals surface area contributed by atoms with Gasteiger partial charge in [0.1, 0.15) is 0 Å². The van der Waals surface area contributed by atoms with Crippen molar-refractivity contribution in [2.45, 2.75) is 34.2 Å². The van der Waals surface area contributed by atoms with Crippen LogP contribution in [0.15, 0.2) is 132 Å². The molecular weight excluding hydrogens is 671 g/mol. The van der Waals surface area contributed by atoms with E-state index in [0.29, 0.717) is 7.25 Å². The minimum absolute atomic E-state index is 0.459. The molecule has 8 rings (SSSR count). The molecule has 225 valence electrons. The van der Waals surface area contributed by atoms with E-state index >= 15 is 0 Å². The van der Waals surface area contributed by atoms with Crippen molar-refractivity contribution in [2.75, 3.05) is 3.59 Å². The predicted molar refractivity (Wildman–Crippen MR) is 200 cm³/mol. The van der Waals surface area contributed by atoms with Crippen LogP contribution >= 0.6 is 11.6 Å². The zero-order valence-electron chi connectivity index (χ0n) is 26.9. The molecule has 0 saturated carbocycles. The Hall–Kier alpha value is -3.29. The van der Waals surface area contributed by atoms with E-state index < -0.39 is 25.4 Å². The van der Waals surface area contributed by atoms with Crippen molar-refractivity contribution >= 4 is 51.2 Å². The molecule has 0 N–H and O–H groups in total. The molecular formula is C43H38ClSiZr. The van der Waals surface area contributed by atoms with E-state index in [1.54, 1.807) is 0 Å². The van der Waals surface area contributed by atoms with Crippen molar-refractivity contribution in [3.8, 4) is 22.3 Å². The Balaban J connectivity index is 1.31. The van der Waals surface area contributed by atoms with Crippen LogP contribution in [0.2, 0.25) is 13.1 Å². The molecule has 0 aliphatic heterocycles. The van der Waals surface area contributed by atoms with E-state index in [1.807, 2.05) is 0 Å². The van der Waals surface area contributed by atoms with Crippen LogP contribution < -0.4 is 0 Å². The van der Waals surface area contributed by atoms with Gasteiger partial charge in [-0.1, -0.05) is 0 Å². The summed E-state index contributed by atoms with van der Waals surface area (Å²) in [5, 5.41) is 5.22. The normalized spacial score (nSPS) is 18.4. The third-order valence-corrected chi connectivity index (χ3v) is 44.8. The van der Waals surface area contributed by atoms with E-state index in [0.717, 1.165) is 3.59 Å². The zero-order chi connectivity index (χ0) is 31.6. The van der Waals surface area contributed by atoms with Gasteiger partial charge in [-0.15, -0.1) is 0 Å². The summed E-state index contributed by atoms with van der Waals surface area (Å²) < 4.78 is 1.75. The molecule has 6 aromatic carbocycles. The SMILES string of the molecule is CC1=Cc2c(-c3cccc4ccccc34)cccc2[CH]1[Zr]([CH2]Cl)([CH]1C(C)=Cc2c(-c3cccc4ccccc34)cccc21)[Si](C)C. The van der Waals surface area contributed by atoms with E-state index in [2.05, 4.69) is 160 Å². The number of fused-ring (bicyclic) bond motifs is 4. The van der Waals surface area contributed by atoms with Gasteiger partial charge in [-0.05, 0) is 0 Å². The summed E-state index contributed by atoms with van der Waals surface area (Å²) in [7, 11) is 0. The first kappa shape index (κ1) is 30.1. The number of rotatable bonds is 6. The van der Waals surface area contributed by atoms with Gasteiger partial charge in [-0.2, -0.15) is 0 Å². The number of allylic oxidation sites excluding steroid dienone is 2. The molecule has 3 heteroatoms. The summed E-state index contributed by atoms with van der Waals surface area (Å²) in [6, 6.07) is 45.2. The Morgan fingerprint density at radius 3 is 1.35 bits per heavy atom. The second-order valence-electron chi connectivity index (χ2n) is 13.5. The monoisotopic (exact) mass is 707 g/mol. The van der Waals surface area contributed by atoms with E-state index in [1.165, 1.54) is 77.2 Å². The maximum atomic E-state index is 7.48. The fourth-order valence-electron chi connectivity index (χ4n) is 8.89. The molecule has 0 saturated heterocycles. The fourth-order valence-corrected chi connectivity index (χ4v) is 41.9. The minimum atomic E-state index is -3.32. The molecule has 0 heterocycles. The molecule has 2 atom stereocenters. The Morgan fingerprint density at radius 1 is 0.522 bits per heavy atom. The second-order valence-corrected chi connectivity index (χ2v) is 38.6. The molecule has 0 amide bonds. The molecule has 2 unspecified atom stereocenters. The van der Waals surface area contributed by atoms with E-state index in [4.69, 9.17) is 11.6 Å². The number of halogens is 1. The van der Waals surface area contributed by atoms with Crippen molar-refractivity contribution in [1.82, 2.24) is 0 Å². The van der Waals surface area contributed by atoms with Crippen molar-refractivity contribution < 1.29 is 19.4 Å². The van der Waals surface area contributed by atoms with Crippen LogP contribution in [0.5, 0.6) is 0 Å². The first-order valence-electron chi connectivity index (χ1n) is 16.4. The average molecular weight is 710 g/mol. The molecule has 0 spiro atoms. The summed E-state index contributed by atoms with van der Waals surface area (Å²) in [5.41, 5.74) is 14.3. The van der Waals surface area contributed by atoms with Crippen molar-refractivity contribution in [2.24, 2.45) is 0 Å². The van der Waals surface area contributed by atoms with Crippen molar-refractivity contribution in [1.29, 1.82) is 0 Å². The first-order valence-corrected chi connectivity index (χ1v) is 27.7. The maximum absolute atomic E-state index is 7.48. The zero-order valence-corrected chi connectivity index (χ0v) is 31.2. The van der Waals surface area contributed by atoms with Gasteiger partial charge in [0.2, 0.25) is 0 Å². The van der Waals surface area contributed by atoms with Gasteiger partial charge in [0.15, 0.2) is 0 Å². The third kappa shape index (κ3) is 4.48. The van der Waals surface area contributed by atoms with Crippen LogP contribution in [0, 0.1) is 0 Å². The molecule has 0 bridgehead atoms. The molecule has 0 nitrogen and oxygen atoms in total. The van der Waals surface area contributed by atoms with Crippen LogP contribution in [-0.2, 0) is 19.4 Å². The van der Waals surface area contributed by atoms with Crippen LogP contribution in [0.4, 0.5) is 0 Å². The Morgan fingerprint density at radius 2 is 0.913 bits per heavy atom. The molecule has 2 aliphatic rings. The predicted octanol–water partition coefficient (Wildman–Crippen LogP) is 12.5. The summed E-state index contributed by atoms with van der Waals surface area (Å²) in [5.74, 6) is -0.723. The topological polar surface area (TPSA) is 0 Å². The molecule has 0 aromatic heterocycles. The number of hydrogen-bond donors (Lipinski definition) is 0. The summed E-state index contributed by atoms with van der Waals surface area (Å²) in [6.45, 7) is 9.98. The van der Waals surface area contributed by atoms with E-state index in [-0.39, 0.29) is 0 Å². The van der Waals surface area contributed by atoms with Crippen molar-refractivity contribution in [3.05, 3.63) is 155 Å². The number of alkyl halides is 1. The third-order valence-electron chi connectivity index (χ3n) is 10.9. The summed E-state index contributed by atoms with van der Waals surface area (Å²) in [4.78, 5) is 0. The van der Waals surface area contributed by atoms with Gasteiger partial charge in [0, 0.05) is 0 Å². The molecule has 1 radical (unpaired) electrons. The molecule has 0 fully saturated rings. The Kier molecular flexibility index (Phi) is 7.68. The van der Waals surface area contributed by atoms with Crippen molar-refractivity contribution in [3.63, 3.8) is 0 Å². The number of hydrogen-bond acceptors (Lipinski definition) is 0. The van der Waals surface area contributed by atoms with E-state index in [9.17, 15) is 0 Å². The van der Waals surface area contributed by atoms with Gasteiger partial charge in [0.25, 0.3) is 0 Å². The second kappa shape index (κ2) is 11.7. The Bertz CT molecular complexity index is 2060. The Labute approximate surface area is 283 Å². The van der Waals surface area contributed by atoms with Gasteiger partial charge >= 0.3 is 285 Å². The summed E-state index contributed by atoms with van der Waals surface area (Å²) >= 11 is 4.16. The van der Waals surface area contributed by atoms with Crippen LogP contribution in [-0.4, -0.2) is 9.51 Å². The fraction of sp³-hybridized carbons (Fsp3) is 0.163. The summed E-state index contributed by atoms with van der Waals surface area (Å²) in [6.07, 6.45) is 5.06. The van der Waals surface area contributed by atoms with Gasteiger partial charge in [-0.3, -0.25) is 0 Å². The van der Waals surface area contributed by atoms with Gasteiger partial charge < -0.3 is 0 Å². The molecule has 6 aromatic rings. The number of benzene rings is 6. The molecule has 2 aliphatic carbocycles. The first-order chi connectivity index (χ1) is 22.4. The van der Waals surface area contributed by atoms with Gasteiger partial charge in [-0.25, -0.2) is 0 Å². The van der Waals surface area contributed by atoms with Crippen LogP contribution in [0.3, 0.4) is 0 Å².